The molecule has 3 atom stereocenters. The molecule has 1 aromatic carbocycles. The molecule has 4 rings (SSSR count). The maximum Gasteiger partial charge on any atom is 0.307 e. The van der Waals surface area contributed by atoms with E-state index >= 15 is 0 Å². The third-order valence-corrected chi connectivity index (χ3v) is 4.80. The predicted octanol–water partition coefficient (Wildman–Crippen LogP) is 2.47. The zero-order chi connectivity index (χ0) is 15.8. The molecule has 0 saturated carbocycles. The minimum absolute atomic E-state index is 0.148. The van der Waals surface area contributed by atoms with Gasteiger partial charge in [0.15, 0.2) is 5.76 Å². The largest absolute Gasteiger partial charge is 0.432 e. The Kier molecular flexibility index (Phi) is 3.65. The van der Waals surface area contributed by atoms with Crippen molar-refractivity contribution in [3.63, 3.8) is 0 Å². The average molecular weight is 311 g/mol. The molecule has 2 saturated heterocycles. The Bertz CT molecular complexity index is 713. The Balaban J connectivity index is 1.45. The van der Waals surface area contributed by atoms with Crippen molar-refractivity contribution in [1.82, 2.24) is 15.2 Å². The normalized spacial score (nSPS) is 26.2. The van der Waals surface area contributed by atoms with Crippen LogP contribution in [0, 0.1) is 12.8 Å². The van der Waals surface area contributed by atoms with Gasteiger partial charge in [0.25, 0.3) is 5.89 Å². The molecule has 0 radical (unpaired) electrons. The summed E-state index contributed by atoms with van der Waals surface area (Å²) in [6.07, 6.45) is 3.94. The number of piperidine rings is 1. The number of hydrogen-bond donors (Lipinski definition) is 1. The zero-order valence-corrected chi connectivity index (χ0v) is 13.3. The molecule has 2 aliphatic heterocycles. The fourth-order valence-electron chi connectivity index (χ4n) is 3.72. The van der Waals surface area contributed by atoms with Crippen molar-refractivity contribution in [1.29, 1.82) is 0 Å². The van der Waals surface area contributed by atoms with Gasteiger partial charge in [-0.2, -0.15) is 0 Å². The van der Waals surface area contributed by atoms with Crippen molar-refractivity contribution < 1.29 is 9.21 Å². The van der Waals surface area contributed by atoms with Gasteiger partial charge in [0.2, 0.25) is 0 Å². The predicted molar refractivity (Wildman–Crippen MR) is 87.1 cm³/mol. The Hall–Kier alpha value is -2.14. The van der Waals surface area contributed by atoms with Crippen LogP contribution in [0.1, 0.15) is 29.1 Å². The van der Waals surface area contributed by atoms with E-state index in [1.165, 1.54) is 13.0 Å². The van der Waals surface area contributed by atoms with Gasteiger partial charge in [-0.05, 0) is 38.3 Å². The Morgan fingerprint density at radius 2 is 2.30 bits per heavy atom. The van der Waals surface area contributed by atoms with E-state index in [4.69, 9.17) is 4.42 Å². The maximum absolute atomic E-state index is 12.4. The molecule has 3 heterocycles. The molecular weight excluding hydrogens is 290 g/mol. The fraction of sp³-hybridized carbons (Fsp3) is 0.444. The molecule has 5 nitrogen and oxygen atoms in total. The summed E-state index contributed by atoms with van der Waals surface area (Å²) in [5.74, 6) is 1.29. The lowest BCUT2D eigenvalue weighted by Crippen LogP contribution is -2.47. The van der Waals surface area contributed by atoms with Crippen LogP contribution in [0.2, 0.25) is 0 Å². The second-order valence-electron chi connectivity index (χ2n) is 6.72. The number of hydrogen-bond acceptors (Lipinski definition) is 4. The van der Waals surface area contributed by atoms with Gasteiger partial charge < -0.3 is 14.6 Å². The number of rotatable bonds is 3. The minimum atomic E-state index is -0.212. The molecule has 1 unspecified atom stereocenters. The molecule has 23 heavy (non-hydrogen) atoms. The molecular formula is C18H21N3O2. The molecule has 0 aliphatic carbocycles. The molecule has 5 heteroatoms. The van der Waals surface area contributed by atoms with Crippen LogP contribution in [0.15, 0.2) is 34.9 Å². The van der Waals surface area contributed by atoms with Gasteiger partial charge in [0.05, 0.1) is 6.20 Å². The Morgan fingerprint density at radius 3 is 3.13 bits per heavy atom. The number of nitrogens with zero attached hydrogens (tertiary/aromatic N) is 2. The first-order valence-electron chi connectivity index (χ1n) is 8.23. The Labute approximate surface area is 135 Å². The number of oxazole rings is 1. The van der Waals surface area contributed by atoms with E-state index in [1.807, 2.05) is 31.2 Å². The molecule has 1 aromatic heterocycles. The van der Waals surface area contributed by atoms with Crippen molar-refractivity contribution in [2.75, 3.05) is 19.6 Å². The molecule has 2 aliphatic rings. The summed E-state index contributed by atoms with van der Waals surface area (Å²) in [7, 11) is 0. The summed E-state index contributed by atoms with van der Waals surface area (Å²) in [6, 6.07) is 8.19. The molecule has 2 aromatic rings. The second kappa shape index (κ2) is 5.81. The molecule has 120 valence electrons. The van der Waals surface area contributed by atoms with E-state index in [0.717, 1.165) is 36.6 Å². The monoisotopic (exact) mass is 311 g/mol. The van der Waals surface area contributed by atoms with Gasteiger partial charge in [-0.3, -0.25) is 4.79 Å². The summed E-state index contributed by atoms with van der Waals surface area (Å²) in [6.45, 7) is 5.31. The van der Waals surface area contributed by atoms with Crippen molar-refractivity contribution in [2.45, 2.75) is 25.8 Å². The van der Waals surface area contributed by atoms with Crippen LogP contribution in [0.3, 0.4) is 0 Å². The van der Waals surface area contributed by atoms with Gasteiger partial charge in [0, 0.05) is 24.7 Å². The summed E-state index contributed by atoms with van der Waals surface area (Å²) in [5.41, 5.74) is 2.09. The Morgan fingerprint density at radius 1 is 1.39 bits per heavy atom. The number of aromatic nitrogens is 1. The summed E-state index contributed by atoms with van der Waals surface area (Å²) >= 11 is 0. The second-order valence-corrected chi connectivity index (χ2v) is 6.72. The smallest absolute Gasteiger partial charge is 0.307 e. The number of aryl methyl sites for hydroxylation is 1. The van der Waals surface area contributed by atoms with E-state index in [2.05, 4.69) is 15.2 Å². The number of amides is 1. The molecule has 1 N–H and O–H groups in total. The first kappa shape index (κ1) is 14.5. The van der Waals surface area contributed by atoms with Crippen LogP contribution in [-0.2, 0) is 0 Å². The van der Waals surface area contributed by atoms with Crippen LogP contribution in [-0.4, -0.2) is 41.5 Å². The number of fused-ring (bicyclic) bond motifs is 2. The SMILES string of the molecule is Cc1cccc(-c2cnc(C(=O)N[C@H]3C[C@H]4CCN(C4)C3)o2)c1. The van der Waals surface area contributed by atoms with Gasteiger partial charge in [-0.15, -0.1) is 0 Å². The highest BCUT2D eigenvalue weighted by Crippen LogP contribution is 2.27. The van der Waals surface area contributed by atoms with Crippen LogP contribution in [0.25, 0.3) is 11.3 Å². The third kappa shape index (κ3) is 3.01. The van der Waals surface area contributed by atoms with Gasteiger partial charge in [0.1, 0.15) is 0 Å². The van der Waals surface area contributed by atoms with Crippen molar-refractivity contribution in [3.8, 4) is 11.3 Å². The van der Waals surface area contributed by atoms with Crippen LogP contribution < -0.4 is 5.32 Å². The average Bonchev–Trinajstić information content (AvgIpc) is 3.14. The fourth-order valence-corrected chi connectivity index (χ4v) is 3.72. The van der Waals surface area contributed by atoms with Crippen LogP contribution in [0.4, 0.5) is 0 Å². The molecule has 0 spiro atoms. The van der Waals surface area contributed by atoms with E-state index in [-0.39, 0.29) is 17.8 Å². The van der Waals surface area contributed by atoms with Gasteiger partial charge in [-0.25, -0.2) is 4.98 Å². The standard InChI is InChI=1S/C18H21N3O2/c1-12-3-2-4-14(7-12)16-9-19-18(23-16)17(22)20-15-8-13-5-6-21(10-13)11-15/h2-4,7,9,13,15H,5-6,8,10-11H2,1H3,(H,20,22)/t13-,15+/m1/s1. The van der Waals surface area contributed by atoms with Crippen LogP contribution >= 0.6 is 0 Å². The number of carbonyl (C=O) groups is 1. The number of nitrogens with one attached hydrogen (secondary N) is 1. The number of benzene rings is 1. The van der Waals surface area contributed by atoms with Crippen molar-refractivity contribution in [3.05, 3.63) is 41.9 Å². The lowest BCUT2D eigenvalue weighted by Gasteiger charge is -2.30. The van der Waals surface area contributed by atoms with Crippen LogP contribution in [0.5, 0.6) is 0 Å². The summed E-state index contributed by atoms with van der Waals surface area (Å²) in [4.78, 5) is 18.9. The van der Waals surface area contributed by atoms with Gasteiger partial charge in [-0.1, -0.05) is 23.8 Å². The highest BCUT2D eigenvalue weighted by atomic mass is 16.4. The number of carbonyl (C=O) groups excluding carboxylic acids is 1. The maximum atomic E-state index is 12.4. The van der Waals surface area contributed by atoms with E-state index in [9.17, 15) is 4.79 Å². The molecule has 2 fully saturated rings. The zero-order valence-electron chi connectivity index (χ0n) is 13.3. The van der Waals surface area contributed by atoms with E-state index < -0.39 is 0 Å². The topological polar surface area (TPSA) is 58.4 Å². The molecule has 1 amide bonds. The quantitative estimate of drug-likeness (QED) is 0.946. The first-order chi connectivity index (χ1) is 11.2. The van der Waals surface area contributed by atoms with Crippen molar-refractivity contribution in [2.24, 2.45) is 5.92 Å². The van der Waals surface area contributed by atoms with Crippen molar-refractivity contribution >= 4 is 5.91 Å². The highest BCUT2D eigenvalue weighted by Gasteiger charge is 2.33. The summed E-state index contributed by atoms with van der Waals surface area (Å²) in [5, 5.41) is 3.08. The lowest BCUT2D eigenvalue weighted by molar-refractivity contribution is 0.0875. The molecule has 2 bridgehead atoms. The minimum Gasteiger partial charge on any atom is -0.432 e. The van der Waals surface area contributed by atoms with E-state index in [1.54, 1.807) is 6.20 Å². The van der Waals surface area contributed by atoms with Gasteiger partial charge >= 0.3 is 5.91 Å². The summed E-state index contributed by atoms with van der Waals surface area (Å²) < 4.78 is 5.66. The lowest BCUT2D eigenvalue weighted by atomic mass is 9.97. The van der Waals surface area contributed by atoms with E-state index in [0.29, 0.717) is 5.76 Å². The third-order valence-electron chi connectivity index (χ3n) is 4.80. The first-order valence-corrected chi connectivity index (χ1v) is 8.23. The highest BCUT2D eigenvalue weighted by molar-refractivity contribution is 5.90.